The Morgan fingerprint density at radius 1 is 1.04 bits per heavy atom. The van der Waals surface area contributed by atoms with Gasteiger partial charge >= 0.3 is 17.9 Å². The van der Waals surface area contributed by atoms with Gasteiger partial charge in [0, 0.05) is 0 Å². The number of benzene rings is 1. The highest BCUT2D eigenvalue weighted by molar-refractivity contribution is 5.93. The Morgan fingerprint density at radius 2 is 1.50 bits per heavy atom. The van der Waals surface area contributed by atoms with Gasteiger partial charge in [-0.05, 0) is 62.8 Å². The van der Waals surface area contributed by atoms with E-state index in [-0.39, 0.29) is 11.1 Å². The third-order valence-corrected chi connectivity index (χ3v) is 4.83. The highest BCUT2D eigenvalue weighted by Crippen LogP contribution is 2.33. The van der Waals surface area contributed by atoms with Crippen LogP contribution in [0, 0.1) is 5.92 Å². The number of esters is 2. The van der Waals surface area contributed by atoms with Crippen LogP contribution in [0.15, 0.2) is 24.3 Å². The number of carboxylic acids is 1. The summed E-state index contributed by atoms with van der Waals surface area (Å²) in [5.74, 6) is -9.56. The van der Waals surface area contributed by atoms with Crippen molar-refractivity contribution in [3.05, 3.63) is 35.4 Å². The topological polar surface area (TPSA) is 92.7 Å². The number of carbonyl (C=O) groups excluding carboxylic acids is 3. The second kappa shape index (κ2) is 8.24. The predicted molar refractivity (Wildman–Crippen MR) is 92.7 cm³/mol. The lowest BCUT2D eigenvalue weighted by molar-refractivity contribution is -0.337. The van der Waals surface area contributed by atoms with Crippen LogP contribution in [0.1, 0.15) is 67.2 Å². The third kappa shape index (κ3) is 4.85. The third-order valence-electron chi connectivity index (χ3n) is 4.83. The van der Waals surface area contributed by atoms with Crippen molar-refractivity contribution in [1.29, 1.82) is 0 Å². The SMILES string of the molecule is CC(C)C(OC(=O)c1ccc(C(=O)OC2(C)CCCC2)cc1)C(F)(F)C(=O)[O-]. The van der Waals surface area contributed by atoms with Gasteiger partial charge in [-0.1, -0.05) is 13.8 Å². The molecule has 0 saturated heterocycles. The molecule has 0 aliphatic heterocycles. The van der Waals surface area contributed by atoms with Crippen molar-refractivity contribution in [1.82, 2.24) is 0 Å². The van der Waals surface area contributed by atoms with Gasteiger partial charge in [0.25, 0.3) is 0 Å². The Hall–Kier alpha value is -2.51. The molecule has 0 spiro atoms. The molecule has 8 heteroatoms. The standard InChI is InChI=1S/C20H24F2O6/c1-12(2)15(20(21,22)18(25)26)27-16(23)13-6-8-14(9-7-13)17(24)28-19(3)10-4-5-11-19/h6-9,12,15H,4-5,10-11H2,1-3H3,(H,25,26)/p-1. The summed E-state index contributed by atoms with van der Waals surface area (Å²) in [6.45, 7) is 4.47. The van der Waals surface area contributed by atoms with Crippen molar-refractivity contribution in [2.24, 2.45) is 5.92 Å². The van der Waals surface area contributed by atoms with Gasteiger partial charge in [0.15, 0.2) is 6.10 Å². The van der Waals surface area contributed by atoms with E-state index in [4.69, 9.17) is 9.47 Å². The first kappa shape index (κ1) is 21.8. The Morgan fingerprint density at radius 3 is 1.93 bits per heavy atom. The summed E-state index contributed by atoms with van der Waals surface area (Å²) >= 11 is 0. The van der Waals surface area contributed by atoms with E-state index in [0.717, 1.165) is 25.7 Å². The number of alkyl halides is 2. The molecule has 0 amide bonds. The summed E-state index contributed by atoms with van der Waals surface area (Å²) in [7, 11) is 0. The second-order valence-electron chi connectivity index (χ2n) is 7.60. The van der Waals surface area contributed by atoms with Crippen LogP contribution in [-0.2, 0) is 14.3 Å². The molecule has 154 valence electrons. The average molecular weight is 397 g/mol. The Bertz CT molecular complexity index is 736. The van der Waals surface area contributed by atoms with E-state index >= 15 is 0 Å². The maximum atomic E-state index is 13.7. The van der Waals surface area contributed by atoms with Gasteiger partial charge < -0.3 is 19.4 Å². The zero-order valence-electron chi connectivity index (χ0n) is 16.0. The van der Waals surface area contributed by atoms with Crippen LogP contribution in [0.3, 0.4) is 0 Å². The molecule has 2 rings (SSSR count). The maximum Gasteiger partial charge on any atom is 0.338 e. The molecule has 6 nitrogen and oxygen atoms in total. The average Bonchev–Trinajstić information content (AvgIpc) is 3.04. The molecular formula is C20H23F2O6-. The molecule has 28 heavy (non-hydrogen) atoms. The summed E-state index contributed by atoms with van der Waals surface area (Å²) in [5, 5.41) is 10.7. The van der Waals surface area contributed by atoms with Crippen LogP contribution in [-0.4, -0.2) is 35.5 Å². The zero-order chi connectivity index (χ0) is 21.1. The molecule has 0 N–H and O–H groups in total. The van der Waals surface area contributed by atoms with Crippen LogP contribution in [0.25, 0.3) is 0 Å². The molecule has 0 radical (unpaired) electrons. The molecule has 1 saturated carbocycles. The molecule has 1 aliphatic carbocycles. The summed E-state index contributed by atoms with van der Waals surface area (Å²) < 4.78 is 37.7. The molecule has 1 fully saturated rings. The molecule has 1 aromatic carbocycles. The van der Waals surface area contributed by atoms with E-state index in [1.807, 2.05) is 6.92 Å². The summed E-state index contributed by atoms with van der Waals surface area (Å²) in [5.41, 5.74) is -0.385. The van der Waals surface area contributed by atoms with Gasteiger partial charge in [-0.25, -0.2) is 9.59 Å². The number of halogens is 2. The number of aliphatic carboxylic acids is 1. The molecule has 1 unspecified atom stereocenters. The quantitative estimate of drug-likeness (QED) is 0.657. The minimum Gasteiger partial charge on any atom is -0.544 e. The lowest BCUT2D eigenvalue weighted by Crippen LogP contribution is -2.53. The number of carboxylic acid groups (broad SMARTS) is 1. The summed E-state index contributed by atoms with van der Waals surface area (Å²) in [4.78, 5) is 35.1. The van der Waals surface area contributed by atoms with Crippen molar-refractivity contribution in [3.8, 4) is 0 Å². The highest BCUT2D eigenvalue weighted by Gasteiger charge is 2.46. The van der Waals surface area contributed by atoms with Crippen LogP contribution >= 0.6 is 0 Å². The number of rotatable bonds is 7. The molecule has 0 heterocycles. The van der Waals surface area contributed by atoms with Crippen LogP contribution in [0.4, 0.5) is 8.78 Å². The van der Waals surface area contributed by atoms with Crippen LogP contribution < -0.4 is 5.11 Å². The van der Waals surface area contributed by atoms with Crippen molar-refractivity contribution >= 4 is 17.9 Å². The largest absolute Gasteiger partial charge is 0.544 e. The van der Waals surface area contributed by atoms with E-state index in [9.17, 15) is 28.3 Å². The van der Waals surface area contributed by atoms with E-state index < -0.39 is 41.5 Å². The van der Waals surface area contributed by atoms with E-state index in [2.05, 4.69) is 0 Å². The molecule has 1 atom stereocenters. The highest BCUT2D eigenvalue weighted by atomic mass is 19.3. The lowest BCUT2D eigenvalue weighted by Gasteiger charge is -2.30. The number of hydrogen-bond acceptors (Lipinski definition) is 6. The van der Waals surface area contributed by atoms with Gasteiger partial charge in [0.1, 0.15) is 11.6 Å². The zero-order valence-corrected chi connectivity index (χ0v) is 16.0. The van der Waals surface area contributed by atoms with E-state index in [0.29, 0.717) is 0 Å². The Balaban J connectivity index is 2.08. The molecule has 0 bridgehead atoms. The Kier molecular flexibility index (Phi) is 6.41. The fourth-order valence-corrected chi connectivity index (χ4v) is 3.18. The number of hydrogen-bond donors (Lipinski definition) is 0. The van der Waals surface area contributed by atoms with Crippen molar-refractivity contribution in [2.45, 2.75) is 64.1 Å². The molecule has 0 aromatic heterocycles. The first-order valence-electron chi connectivity index (χ1n) is 9.10. The van der Waals surface area contributed by atoms with Crippen LogP contribution in [0.2, 0.25) is 0 Å². The molecule has 1 aliphatic rings. The van der Waals surface area contributed by atoms with E-state index in [1.54, 1.807) is 0 Å². The fraction of sp³-hybridized carbons (Fsp3) is 0.550. The van der Waals surface area contributed by atoms with Gasteiger partial charge in [-0.2, -0.15) is 8.78 Å². The summed E-state index contributed by atoms with van der Waals surface area (Å²) in [6, 6.07) is 5.14. The van der Waals surface area contributed by atoms with Gasteiger partial charge in [-0.3, -0.25) is 0 Å². The maximum absolute atomic E-state index is 13.7. The minimum atomic E-state index is -4.33. The van der Waals surface area contributed by atoms with Gasteiger partial charge in [-0.15, -0.1) is 0 Å². The fourth-order valence-electron chi connectivity index (χ4n) is 3.18. The lowest BCUT2D eigenvalue weighted by atomic mass is 10.0. The smallest absolute Gasteiger partial charge is 0.338 e. The first-order chi connectivity index (χ1) is 13.0. The monoisotopic (exact) mass is 397 g/mol. The Labute approximate surface area is 161 Å². The van der Waals surface area contributed by atoms with Crippen molar-refractivity contribution < 1.29 is 37.7 Å². The number of ether oxygens (including phenoxy) is 2. The second-order valence-corrected chi connectivity index (χ2v) is 7.60. The summed E-state index contributed by atoms with van der Waals surface area (Å²) in [6.07, 6.45) is 1.36. The molecule has 1 aromatic rings. The minimum absolute atomic E-state index is 0.0940. The predicted octanol–water partition coefficient (Wildman–Crippen LogP) is 2.74. The normalized spacial score (nSPS) is 17.2. The van der Waals surface area contributed by atoms with E-state index in [1.165, 1.54) is 38.1 Å². The van der Waals surface area contributed by atoms with Crippen LogP contribution in [0.5, 0.6) is 0 Å². The first-order valence-corrected chi connectivity index (χ1v) is 9.10. The van der Waals surface area contributed by atoms with Crippen molar-refractivity contribution in [2.75, 3.05) is 0 Å². The molecular weight excluding hydrogens is 374 g/mol. The van der Waals surface area contributed by atoms with Gasteiger partial charge in [0.2, 0.25) is 0 Å². The van der Waals surface area contributed by atoms with Gasteiger partial charge in [0.05, 0.1) is 11.1 Å². The van der Waals surface area contributed by atoms with Crippen molar-refractivity contribution in [3.63, 3.8) is 0 Å². The number of carbonyl (C=O) groups is 3.